The smallest absolute Gasteiger partial charge is 0.201 e. The zero-order valence-electron chi connectivity index (χ0n) is 16.1. The third-order valence-electron chi connectivity index (χ3n) is 5.02. The van der Waals surface area contributed by atoms with Crippen LogP contribution in [0.25, 0.3) is 0 Å². The van der Waals surface area contributed by atoms with Crippen LogP contribution in [0.2, 0.25) is 16.6 Å². The summed E-state index contributed by atoms with van der Waals surface area (Å²) in [5, 5.41) is 10.9. The summed E-state index contributed by atoms with van der Waals surface area (Å²) < 4.78 is 19.9. The maximum absolute atomic E-state index is 13.2. The van der Waals surface area contributed by atoms with Gasteiger partial charge in [0.25, 0.3) is 0 Å². The van der Waals surface area contributed by atoms with Gasteiger partial charge in [-0.15, -0.1) is 0 Å². The summed E-state index contributed by atoms with van der Waals surface area (Å²) in [4.78, 5) is 0. The van der Waals surface area contributed by atoms with Crippen molar-refractivity contribution >= 4 is 8.32 Å². The molecule has 0 amide bonds. The fraction of sp³-hybridized carbons (Fsp3) is 0.600. The van der Waals surface area contributed by atoms with E-state index in [0.29, 0.717) is 22.2 Å². The molecule has 24 heavy (non-hydrogen) atoms. The third kappa shape index (κ3) is 4.35. The second-order valence-corrected chi connectivity index (χ2v) is 13.1. The summed E-state index contributed by atoms with van der Waals surface area (Å²) in [6.45, 7) is 19.2. The highest BCUT2D eigenvalue weighted by molar-refractivity contribution is 6.77. The maximum atomic E-state index is 13.2. The minimum atomic E-state index is -2.15. The van der Waals surface area contributed by atoms with Crippen molar-refractivity contribution in [1.29, 1.82) is 0 Å². The fourth-order valence-electron chi connectivity index (χ4n) is 3.90. The van der Waals surface area contributed by atoms with Crippen molar-refractivity contribution in [2.24, 2.45) is 0 Å². The second kappa shape index (κ2) is 8.41. The van der Waals surface area contributed by atoms with Crippen LogP contribution in [0.15, 0.2) is 36.4 Å². The highest BCUT2D eigenvalue weighted by atomic mass is 28.4. The Morgan fingerprint density at radius 2 is 1.42 bits per heavy atom. The van der Waals surface area contributed by atoms with Crippen molar-refractivity contribution in [3.8, 4) is 0 Å². The summed E-state index contributed by atoms with van der Waals surface area (Å²) in [5.41, 5.74) is 2.70. The van der Waals surface area contributed by atoms with Crippen molar-refractivity contribution in [1.82, 2.24) is 0 Å². The van der Waals surface area contributed by atoms with E-state index in [-0.39, 0.29) is 5.82 Å². The standard InChI is InChI=1S/C20H33FO2Si/c1-13(2)20(19(22)17-9-11-18(21)12-10-17)23-24(14(3)4,15(5)6)16(7)8/h9-12,14-16,19-20,22H,1H2,2-8H3/t19-,20+/m1/s1. The largest absolute Gasteiger partial charge is 0.406 e. The number of aliphatic hydroxyl groups excluding tert-OH is 1. The molecule has 2 nitrogen and oxygen atoms in total. The molecule has 4 heteroatoms. The van der Waals surface area contributed by atoms with Crippen LogP contribution in [0, 0.1) is 5.82 Å². The highest BCUT2D eigenvalue weighted by Crippen LogP contribution is 2.45. The molecule has 0 saturated heterocycles. The highest BCUT2D eigenvalue weighted by Gasteiger charge is 2.47. The first-order valence-electron chi connectivity index (χ1n) is 8.80. The van der Waals surface area contributed by atoms with E-state index in [2.05, 4.69) is 48.1 Å². The SMILES string of the molecule is C=C(C)[C@H](O[Si](C(C)C)(C(C)C)C(C)C)[C@H](O)c1ccc(F)cc1. The van der Waals surface area contributed by atoms with Gasteiger partial charge in [-0.05, 0) is 41.2 Å². The van der Waals surface area contributed by atoms with Crippen LogP contribution in [0.5, 0.6) is 0 Å². The molecule has 0 radical (unpaired) electrons. The van der Waals surface area contributed by atoms with Gasteiger partial charge < -0.3 is 9.53 Å². The molecule has 0 spiro atoms. The summed E-state index contributed by atoms with van der Waals surface area (Å²) in [7, 11) is -2.15. The van der Waals surface area contributed by atoms with Gasteiger partial charge in [-0.25, -0.2) is 4.39 Å². The van der Waals surface area contributed by atoms with Gasteiger partial charge in [0.15, 0.2) is 0 Å². The predicted molar refractivity (Wildman–Crippen MR) is 102 cm³/mol. The third-order valence-corrected chi connectivity index (χ3v) is 11.1. The lowest BCUT2D eigenvalue weighted by Crippen LogP contribution is -2.51. The number of aliphatic hydroxyl groups is 1. The van der Waals surface area contributed by atoms with Gasteiger partial charge in [0, 0.05) is 0 Å². The van der Waals surface area contributed by atoms with Crippen LogP contribution in [-0.2, 0) is 4.43 Å². The molecular weight excluding hydrogens is 319 g/mol. The molecule has 0 unspecified atom stereocenters. The van der Waals surface area contributed by atoms with Crippen LogP contribution >= 0.6 is 0 Å². The number of rotatable bonds is 8. The average molecular weight is 353 g/mol. The van der Waals surface area contributed by atoms with Gasteiger partial charge in [-0.1, -0.05) is 65.8 Å². The Kier molecular flexibility index (Phi) is 7.38. The van der Waals surface area contributed by atoms with Crippen LogP contribution < -0.4 is 0 Å². The topological polar surface area (TPSA) is 29.5 Å². The Balaban J connectivity index is 3.23. The minimum absolute atomic E-state index is 0.311. The zero-order valence-corrected chi connectivity index (χ0v) is 17.1. The lowest BCUT2D eigenvalue weighted by Gasteiger charge is -2.45. The molecule has 0 saturated carbocycles. The molecule has 1 rings (SSSR count). The van der Waals surface area contributed by atoms with Crippen LogP contribution in [0.4, 0.5) is 4.39 Å². The van der Waals surface area contributed by atoms with Crippen molar-refractivity contribution in [2.45, 2.75) is 77.3 Å². The molecule has 0 aliphatic rings. The molecule has 0 aliphatic carbocycles. The van der Waals surface area contributed by atoms with Crippen molar-refractivity contribution in [3.63, 3.8) is 0 Å². The molecule has 0 aromatic heterocycles. The van der Waals surface area contributed by atoms with Gasteiger partial charge in [-0.3, -0.25) is 0 Å². The monoisotopic (exact) mass is 352 g/mol. The van der Waals surface area contributed by atoms with Crippen LogP contribution in [0.3, 0.4) is 0 Å². The summed E-state index contributed by atoms with van der Waals surface area (Å²) in [5.74, 6) is -0.311. The van der Waals surface area contributed by atoms with E-state index >= 15 is 0 Å². The van der Waals surface area contributed by atoms with Crippen molar-refractivity contribution in [3.05, 3.63) is 47.8 Å². The van der Waals surface area contributed by atoms with Crippen molar-refractivity contribution in [2.75, 3.05) is 0 Å². The fourth-order valence-corrected chi connectivity index (χ4v) is 9.48. The predicted octanol–water partition coefficient (Wildman–Crippen LogP) is 6.00. The molecule has 1 aromatic carbocycles. The molecule has 2 atom stereocenters. The van der Waals surface area contributed by atoms with E-state index < -0.39 is 20.5 Å². The molecule has 0 aliphatic heterocycles. The molecule has 0 bridgehead atoms. The maximum Gasteiger partial charge on any atom is 0.201 e. The van der Waals surface area contributed by atoms with Gasteiger partial charge in [0.2, 0.25) is 8.32 Å². The molecule has 136 valence electrons. The van der Waals surface area contributed by atoms with E-state index in [1.807, 2.05) is 6.92 Å². The van der Waals surface area contributed by atoms with Gasteiger partial charge in [-0.2, -0.15) is 0 Å². The summed E-state index contributed by atoms with van der Waals surface area (Å²) in [6, 6.07) is 5.96. The number of hydrogen-bond donors (Lipinski definition) is 1. The van der Waals surface area contributed by atoms with Crippen molar-refractivity contribution < 1.29 is 13.9 Å². The number of halogens is 1. The number of hydrogen-bond acceptors (Lipinski definition) is 2. The first kappa shape index (κ1) is 21.1. The molecule has 1 N–H and O–H groups in total. The quantitative estimate of drug-likeness (QED) is 0.459. The first-order chi connectivity index (χ1) is 11.0. The molecule has 0 fully saturated rings. The Hall–Kier alpha value is -0.973. The summed E-state index contributed by atoms with van der Waals surface area (Å²) in [6.07, 6.45) is -1.32. The van der Waals surface area contributed by atoms with E-state index in [1.54, 1.807) is 12.1 Å². The molecule has 0 heterocycles. The van der Waals surface area contributed by atoms with Crippen LogP contribution in [0.1, 0.15) is 60.1 Å². The number of benzene rings is 1. The Bertz CT molecular complexity index is 515. The van der Waals surface area contributed by atoms with E-state index in [1.165, 1.54) is 12.1 Å². The molecule has 1 aromatic rings. The van der Waals surface area contributed by atoms with E-state index in [9.17, 15) is 9.50 Å². The minimum Gasteiger partial charge on any atom is -0.406 e. The first-order valence-corrected chi connectivity index (χ1v) is 10.9. The Morgan fingerprint density at radius 1 is 1.00 bits per heavy atom. The van der Waals surface area contributed by atoms with E-state index in [0.717, 1.165) is 5.57 Å². The van der Waals surface area contributed by atoms with E-state index in [4.69, 9.17) is 4.43 Å². The normalized spacial score (nSPS) is 15.2. The van der Waals surface area contributed by atoms with Gasteiger partial charge in [0.05, 0.1) is 6.10 Å². The average Bonchev–Trinajstić information content (AvgIpc) is 2.46. The Labute approximate surface area is 147 Å². The summed E-state index contributed by atoms with van der Waals surface area (Å²) >= 11 is 0. The lowest BCUT2D eigenvalue weighted by molar-refractivity contribution is 0.0459. The molecular formula is C20H33FO2Si. The zero-order chi connectivity index (χ0) is 18.7. The second-order valence-electron chi connectivity index (χ2n) is 7.70. The lowest BCUT2D eigenvalue weighted by atomic mass is 10.0. The van der Waals surface area contributed by atoms with Crippen LogP contribution in [-0.4, -0.2) is 19.5 Å². The van der Waals surface area contributed by atoms with Gasteiger partial charge >= 0.3 is 0 Å². The Morgan fingerprint density at radius 3 is 1.75 bits per heavy atom. The van der Waals surface area contributed by atoms with Gasteiger partial charge in [0.1, 0.15) is 11.9 Å².